The maximum atomic E-state index is 13.2. The molecule has 0 aliphatic rings. The number of carbonyl (C=O) groups is 2. The average molecular weight is 415 g/mol. The van der Waals surface area contributed by atoms with Gasteiger partial charge in [-0.3, -0.25) is 9.59 Å². The first kappa shape index (κ1) is 23.0. The number of carbonyl (C=O) groups excluding carboxylic acids is 2. The van der Waals surface area contributed by atoms with Gasteiger partial charge in [-0.05, 0) is 43.0 Å². The number of halogens is 1. The Hall–Kier alpha value is -2.33. The molecule has 1 atom stereocenters. The summed E-state index contributed by atoms with van der Waals surface area (Å²) >= 11 is 5.96. The molecular formula is C24H31ClN2O2. The van der Waals surface area contributed by atoms with Gasteiger partial charge in [0.1, 0.15) is 6.04 Å². The fraction of sp³-hybridized carbons (Fsp3) is 0.417. The molecule has 2 aromatic carbocycles. The number of hydrogen-bond donors (Lipinski definition) is 1. The summed E-state index contributed by atoms with van der Waals surface area (Å²) in [6.45, 7) is 7.11. The molecule has 0 unspecified atom stereocenters. The fourth-order valence-corrected chi connectivity index (χ4v) is 3.32. The Balaban J connectivity index is 2.22. The number of amides is 2. The smallest absolute Gasteiger partial charge is 0.242 e. The van der Waals surface area contributed by atoms with Crippen molar-refractivity contribution in [2.24, 2.45) is 0 Å². The van der Waals surface area contributed by atoms with Gasteiger partial charge in [0, 0.05) is 18.1 Å². The molecule has 0 saturated heterocycles. The van der Waals surface area contributed by atoms with Crippen LogP contribution in [0.4, 0.5) is 0 Å². The van der Waals surface area contributed by atoms with Crippen LogP contribution in [0, 0.1) is 6.92 Å². The molecule has 0 aliphatic carbocycles. The van der Waals surface area contributed by atoms with Crippen LogP contribution in [0.2, 0.25) is 5.02 Å². The Labute approximate surface area is 179 Å². The normalized spacial score (nSPS) is 11.7. The minimum atomic E-state index is -0.493. The number of unbranched alkanes of at least 4 members (excludes halogenated alkanes) is 1. The lowest BCUT2D eigenvalue weighted by Gasteiger charge is -2.31. The summed E-state index contributed by atoms with van der Waals surface area (Å²) in [6.07, 6.45) is 2.75. The van der Waals surface area contributed by atoms with Crippen molar-refractivity contribution in [1.82, 2.24) is 10.2 Å². The van der Waals surface area contributed by atoms with E-state index in [1.54, 1.807) is 17.0 Å². The van der Waals surface area contributed by atoms with Gasteiger partial charge in [0.2, 0.25) is 11.8 Å². The highest BCUT2D eigenvalue weighted by Gasteiger charge is 2.28. The van der Waals surface area contributed by atoms with Gasteiger partial charge < -0.3 is 10.2 Å². The van der Waals surface area contributed by atoms with Crippen molar-refractivity contribution in [3.05, 3.63) is 70.2 Å². The van der Waals surface area contributed by atoms with Crippen LogP contribution in [0.5, 0.6) is 0 Å². The topological polar surface area (TPSA) is 49.4 Å². The van der Waals surface area contributed by atoms with Crippen molar-refractivity contribution in [3.63, 3.8) is 0 Å². The molecule has 29 heavy (non-hydrogen) atoms. The molecule has 2 amide bonds. The zero-order valence-corrected chi connectivity index (χ0v) is 18.3. The largest absolute Gasteiger partial charge is 0.354 e. The van der Waals surface area contributed by atoms with Gasteiger partial charge in [-0.25, -0.2) is 0 Å². The second kappa shape index (κ2) is 11.6. The quantitative estimate of drug-likeness (QED) is 0.561. The molecule has 156 valence electrons. The summed E-state index contributed by atoms with van der Waals surface area (Å²) in [7, 11) is 0. The van der Waals surface area contributed by atoms with Crippen LogP contribution in [-0.2, 0) is 22.6 Å². The van der Waals surface area contributed by atoms with Crippen LogP contribution in [0.25, 0.3) is 0 Å². The summed E-state index contributed by atoms with van der Waals surface area (Å²) in [5, 5.41) is 3.62. The molecule has 4 nitrogen and oxygen atoms in total. The number of nitrogens with zero attached hydrogens (tertiary/aromatic N) is 1. The van der Waals surface area contributed by atoms with Gasteiger partial charge in [-0.15, -0.1) is 0 Å². The monoisotopic (exact) mass is 414 g/mol. The van der Waals surface area contributed by atoms with Gasteiger partial charge in [0.25, 0.3) is 0 Å². The first-order valence-electron chi connectivity index (χ1n) is 10.3. The summed E-state index contributed by atoms with van der Waals surface area (Å²) < 4.78 is 0. The van der Waals surface area contributed by atoms with E-state index in [4.69, 9.17) is 11.6 Å². The molecule has 5 heteroatoms. The van der Waals surface area contributed by atoms with Crippen LogP contribution >= 0.6 is 11.6 Å². The average Bonchev–Trinajstić information content (AvgIpc) is 2.71. The van der Waals surface area contributed by atoms with E-state index in [0.29, 0.717) is 24.5 Å². The molecular weight excluding hydrogens is 384 g/mol. The van der Waals surface area contributed by atoms with Crippen LogP contribution < -0.4 is 5.32 Å². The SMILES string of the molecule is CCCCNC(=O)[C@@H](CC)N(Cc1ccc(C)cc1)C(=O)Cc1ccc(Cl)cc1. The van der Waals surface area contributed by atoms with Gasteiger partial charge in [-0.1, -0.05) is 73.8 Å². The molecule has 2 rings (SSSR count). The second-order valence-electron chi connectivity index (χ2n) is 7.38. The maximum Gasteiger partial charge on any atom is 0.242 e. The van der Waals surface area contributed by atoms with Crippen LogP contribution in [0.1, 0.15) is 49.8 Å². The van der Waals surface area contributed by atoms with Crippen LogP contribution in [-0.4, -0.2) is 29.3 Å². The third-order valence-electron chi connectivity index (χ3n) is 4.96. The minimum absolute atomic E-state index is 0.0645. The third kappa shape index (κ3) is 7.21. The summed E-state index contributed by atoms with van der Waals surface area (Å²) in [5.41, 5.74) is 3.06. The minimum Gasteiger partial charge on any atom is -0.354 e. The zero-order chi connectivity index (χ0) is 21.2. The van der Waals surface area contributed by atoms with Crippen molar-refractivity contribution in [2.75, 3.05) is 6.54 Å². The number of rotatable bonds is 10. The van der Waals surface area contributed by atoms with Crippen molar-refractivity contribution in [2.45, 2.75) is 59.0 Å². The first-order chi connectivity index (χ1) is 13.9. The molecule has 0 fully saturated rings. The lowest BCUT2D eigenvalue weighted by Crippen LogP contribution is -2.49. The second-order valence-corrected chi connectivity index (χ2v) is 7.82. The van der Waals surface area contributed by atoms with E-state index in [0.717, 1.165) is 29.5 Å². The van der Waals surface area contributed by atoms with Crippen molar-refractivity contribution in [1.29, 1.82) is 0 Å². The summed E-state index contributed by atoms with van der Waals surface area (Å²) in [5.74, 6) is -0.150. The fourth-order valence-electron chi connectivity index (χ4n) is 3.19. The van der Waals surface area contributed by atoms with E-state index in [-0.39, 0.29) is 18.2 Å². The van der Waals surface area contributed by atoms with Crippen molar-refractivity contribution >= 4 is 23.4 Å². The molecule has 2 aromatic rings. The Bertz CT molecular complexity index is 788. The Kier molecular flexibility index (Phi) is 9.20. The molecule has 0 radical (unpaired) electrons. The van der Waals surface area contributed by atoms with Gasteiger partial charge in [0.05, 0.1) is 6.42 Å². The molecule has 0 saturated carbocycles. The van der Waals surface area contributed by atoms with E-state index in [1.165, 1.54) is 0 Å². The number of benzene rings is 2. The molecule has 0 heterocycles. The summed E-state index contributed by atoms with van der Waals surface area (Å²) in [4.78, 5) is 27.7. The van der Waals surface area contributed by atoms with E-state index in [9.17, 15) is 9.59 Å². The zero-order valence-electron chi connectivity index (χ0n) is 17.6. The highest BCUT2D eigenvalue weighted by molar-refractivity contribution is 6.30. The Morgan fingerprint density at radius 1 is 1.00 bits per heavy atom. The summed E-state index contributed by atoms with van der Waals surface area (Å²) in [6, 6.07) is 14.9. The van der Waals surface area contributed by atoms with Gasteiger partial charge in [0.15, 0.2) is 0 Å². The predicted octanol–water partition coefficient (Wildman–Crippen LogP) is 4.91. The highest BCUT2D eigenvalue weighted by atomic mass is 35.5. The van der Waals surface area contributed by atoms with Gasteiger partial charge >= 0.3 is 0 Å². The van der Waals surface area contributed by atoms with Crippen molar-refractivity contribution in [3.8, 4) is 0 Å². The van der Waals surface area contributed by atoms with Crippen LogP contribution in [0.15, 0.2) is 48.5 Å². The molecule has 0 bridgehead atoms. The predicted molar refractivity (Wildman–Crippen MR) is 119 cm³/mol. The maximum absolute atomic E-state index is 13.2. The van der Waals surface area contributed by atoms with Gasteiger partial charge in [-0.2, -0.15) is 0 Å². The van der Waals surface area contributed by atoms with E-state index >= 15 is 0 Å². The molecule has 0 spiro atoms. The lowest BCUT2D eigenvalue weighted by molar-refractivity contribution is -0.140. The lowest BCUT2D eigenvalue weighted by atomic mass is 10.1. The Morgan fingerprint density at radius 2 is 1.62 bits per heavy atom. The van der Waals surface area contributed by atoms with Crippen molar-refractivity contribution < 1.29 is 9.59 Å². The van der Waals surface area contributed by atoms with E-state index in [2.05, 4.69) is 12.2 Å². The Morgan fingerprint density at radius 3 is 2.21 bits per heavy atom. The number of aryl methyl sites for hydroxylation is 1. The van der Waals surface area contributed by atoms with Crippen LogP contribution in [0.3, 0.4) is 0 Å². The van der Waals surface area contributed by atoms with E-state index < -0.39 is 6.04 Å². The molecule has 1 N–H and O–H groups in total. The molecule has 0 aromatic heterocycles. The molecule has 0 aliphatic heterocycles. The number of hydrogen-bond acceptors (Lipinski definition) is 2. The van der Waals surface area contributed by atoms with E-state index in [1.807, 2.05) is 50.2 Å². The number of nitrogens with one attached hydrogen (secondary N) is 1. The standard InChI is InChI=1S/C24H31ClN2O2/c1-4-6-15-26-24(29)22(5-2)27(17-20-9-7-18(3)8-10-20)23(28)16-19-11-13-21(25)14-12-19/h7-14,22H,4-6,15-17H2,1-3H3,(H,26,29)/t22-/m1/s1. The highest BCUT2D eigenvalue weighted by Crippen LogP contribution is 2.16. The first-order valence-corrected chi connectivity index (χ1v) is 10.7. The third-order valence-corrected chi connectivity index (χ3v) is 5.21.